The largest absolute Gasteiger partial charge is 0.497 e. The fourth-order valence-corrected chi connectivity index (χ4v) is 3.51. The minimum atomic E-state index is -0.436. The highest BCUT2D eigenvalue weighted by Crippen LogP contribution is 2.20. The van der Waals surface area contributed by atoms with Crippen LogP contribution in [-0.2, 0) is 16.0 Å². The normalized spacial score (nSPS) is 15.6. The van der Waals surface area contributed by atoms with Gasteiger partial charge in [-0.25, -0.2) is 9.78 Å². The van der Waals surface area contributed by atoms with Gasteiger partial charge in [-0.2, -0.15) is 0 Å². The van der Waals surface area contributed by atoms with E-state index in [1.807, 2.05) is 24.3 Å². The lowest BCUT2D eigenvalue weighted by molar-refractivity contribution is 0.0498. The number of hydrogen-bond acceptors (Lipinski definition) is 6. The van der Waals surface area contributed by atoms with E-state index in [9.17, 15) is 9.59 Å². The van der Waals surface area contributed by atoms with E-state index in [2.05, 4.69) is 4.98 Å². The maximum absolute atomic E-state index is 13.3. The van der Waals surface area contributed by atoms with Gasteiger partial charge < -0.3 is 19.1 Å². The van der Waals surface area contributed by atoms with Gasteiger partial charge in [0.1, 0.15) is 11.4 Å². The van der Waals surface area contributed by atoms with Gasteiger partial charge >= 0.3 is 5.97 Å². The smallest absolute Gasteiger partial charge is 0.339 e. The van der Waals surface area contributed by atoms with Crippen LogP contribution in [0.4, 0.5) is 0 Å². The van der Waals surface area contributed by atoms with Crippen molar-refractivity contribution in [3.63, 3.8) is 0 Å². The van der Waals surface area contributed by atoms with Crippen molar-refractivity contribution in [3.8, 4) is 5.75 Å². The van der Waals surface area contributed by atoms with E-state index < -0.39 is 5.97 Å². The highest BCUT2D eigenvalue weighted by molar-refractivity contribution is 5.95. The van der Waals surface area contributed by atoms with Crippen LogP contribution in [0, 0.1) is 6.92 Å². The molecule has 7 heteroatoms. The molecule has 0 N–H and O–H groups in total. The minimum Gasteiger partial charge on any atom is -0.497 e. The number of aromatic nitrogens is 1. The number of nitrogens with zero attached hydrogens (tertiary/aromatic N) is 2. The molecule has 0 radical (unpaired) electrons. The predicted molar refractivity (Wildman–Crippen MR) is 112 cm³/mol. The summed E-state index contributed by atoms with van der Waals surface area (Å²) in [5, 5.41) is 0. The predicted octanol–water partition coefficient (Wildman–Crippen LogP) is 3.40. The maximum atomic E-state index is 13.3. The summed E-state index contributed by atoms with van der Waals surface area (Å²) in [5.74, 6) is 0.102. The van der Waals surface area contributed by atoms with E-state index in [0.717, 1.165) is 30.8 Å². The van der Waals surface area contributed by atoms with Crippen LogP contribution in [0.2, 0.25) is 0 Å². The van der Waals surface area contributed by atoms with Crippen LogP contribution in [-0.4, -0.2) is 54.7 Å². The van der Waals surface area contributed by atoms with Gasteiger partial charge in [0.25, 0.3) is 5.91 Å². The number of methoxy groups -OCH3 is 1. The number of pyridine rings is 1. The highest BCUT2D eigenvalue weighted by Gasteiger charge is 2.25. The molecular formula is C23H28N2O5. The first-order valence-electron chi connectivity index (χ1n) is 10.2. The Bertz CT molecular complexity index is 893. The standard InChI is InChI=1S/C23H28N2O5/c1-4-29-23(27)20-10-11-21(24-16(20)2)22(26)25(15-19-9-6-12-30-19)14-17-7-5-8-18(13-17)28-3/h5,7-8,10-11,13,19H,4,6,9,12,14-15H2,1-3H3. The van der Waals surface area contributed by atoms with E-state index in [-0.39, 0.29) is 18.6 Å². The van der Waals surface area contributed by atoms with Crippen LogP contribution in [0.3, 0.4) is 0 Å². The Labute approximate surface area is 177 Å². The lowest BCUT2D eigenvalue weighted by Crippen LogP contribution is -2.37. The van der Waals surface area contributed by atoms with Crippen LogP contribution in [0.15, 0.2) is 36.4 Å². The van der Waals surface area contributed by atoms with Gasteiger partial charge in [0.2, 0.25) is 0 Å². The highest BCUT2D eigenvalue weighted by atomic mass is 16.5. The molecule has 30 heavy (non-hydrogen) atoms. The molecule has 1 fully saturated rings. The number of ether oxygens (including phenoxy) is 3. The fourth-order valence-electron chi connectivity index (χ4n) is 3.51. The lowest BCUT2D eigenvalue weighted by atomic mass is 10.1. The lowest BCUT2D eigenvalue weighted by Gasteiger charge is -2.25. The van der Waals surface area contributed by atoms with E-state index in [1.165, 1.54) is 0 Å². The molecule has 1 saturated heterocycles. The number of benzene rings is 1. The van der Waals surface area contributed by atoms with E-state index >= 15 is 0 Å². The van der Waals surface area contributed by atoms with E-state index in [1.54, 1.807) is 38.0 Å². The number of aryl methyl sites for hydroxylation is 1. The van der Waals surface area contributed by atoms with Gasteiger partial charge in [0, 0.05) is 19.7 Å². The molecule has 1 unspecified atom stereocenters. The number of carbonyl (C=O) groups excluding carboxylic acids is 2. The summed E-state index contributed by atoms with van der Waals surface area (Å²) in [4.78, 5) is 31.5. The van der Waals surface area contributed by atoms with Crippen LogP contribution in [0.5, 0.6) is 5.75 Å². The van der Waals surface area contributed by atoms with Crippen molar-refractivity contribution in [2.45, 2.75) is 39.3 Å². The third-order valence-corrected chi connectivity index (χ3v) is 5.04. The molecule has 0 spiro atoms. The number of rotatable bonds is 8. The number of esters is 1. The third-order valence-electron chi connectivity index (χ3n) is 5.04. The van der Waals surface area contributed by atoms with E-state index in [4.69, 9.17) is 14.2 Å². The zero-order valence-electron chi connectivity index (χ0n) is 17.7. The van der Waals surface area contributed by atoms with Crippen molar-refractivity contribution in [1.82, 2.24) is 9.88 Å². The maximum Gasteiger partial charge on any atom is 0.339 e. The average molecular weight is 412 g/mol. The van der Waals surface area contributed by atoms with Crippen molar-refractivity contribution in [2.24, 2.45) is 0 Å². The summed E-state index contributed by atoms with van der Waals surface area (Å²) in [6, 6.07) is 10.8. The topological polar surface area (TPSA) is 78.0 Å². The number of amides is 1. The summed E-state index contributed by atoms with van der Waals surface area (Å²) >= 11 is 0. The molecule has 2 aromatic rings. The van der Waals surface area contributed by atoms with Gasteiger partial charge in [0.15, 0.2) is 0 Å². The SMILES string of the molecule is CCOC(=O)c1ccc(C(=O)N(Cc2cccc(OC)c2)CC2CCCO2)nc1C. The molecule has 0 saturated carbocycles. The minimum absolute atomic E-state index is 0.0134. The Morgan fingerprint density at radius 3 is 2.77 bits per heavy atom. The van der Waals surface area contributed by atoms with Gasteiger partial charge in [-0.1, -0.05) is 12.1 Å². The molecule has 2 heterocycles. The average Bonchev–Trinajstić information content (AvgIpc) is 3.26. The van der Waals surface area contributed by atoms with Crippen molar-refractivity contribution in [1.29, 1.82) is 0 Å². The van der Waals surface area contributed by atoms with Crippen LogP contribution in [0.25, 0.3) is 0 Å². The second kappa shape index (κ2) is 10.2. The summed E-state index contributed by atoms with van der Waals surface area (Å²) in [5.41, 5.74) is 2.09. The molecule has 1 aliphatic rings. The second-order valence-electron chi connectivity index (χ2n) is 7.22. The first-order valence-corrected chi connectivity index (χ1v) is 10.2. The Hall–Kier alpha value is -2.93. The third kappa shape index (κ3) is 5.36. The Morgan fingerprint density at radius 1 is 1.27 bits per heavy atom. The van der Waals surface area contributed by atoms with Crippen LogP contribution < -0.4 is 4.74 Å². The summed E-state index contributed by atoms with van der Waals surface area (Å²) in [6.45, 7) is 5.36. The quantitative estimate of drug-likeness (QED) is 0.619. The fraction of sp³-hybridized carbons (Fsp3) is 0.435. The van der Waals surface area contributed by atoms with Crippen LogP contribution in [0.1, 0.15) is 51.9 Å². The molecule has 160 valence electrons. The summed E-state index contributed by atoms with van der Waals surface area (Å²) in [7, 11) is 1.62. The monoisotopic (exact) mass is 412 g/mol. The van der Waals surface area contributed by atoms with Crippen molar-refractivity contribution in [2.75, 3.05) is 26.9 Å². The van der Waals surface area contributed by atoms with Crippen LogP contribution >= 0.6 is 0 Å². The Balaban J connectivity index is 1.83. The second-order valence-corrected chi connectivity index (χ2v) is 7.22. The van der Waals surface area contributed by atoms with E-state index in [0.29, 0.717) is 30.0 Å². The van der Waals surface area contributed by atoms with Gasteiger partial charge in [-0.3, -0.25) is 4.79 Å². The molecule has 1 atom stereocenters. The molecule has 1 amide bonds. The first-order chi connectivity index (χ1) is 14.5. The summed E-state index contributed by atoms with van der Waals surface area (Å²) < 4.78 is 16.1. The Kier molecular flexibility index (Phi) is 7.41. The molecule has 1 aromatic heterocycles. The first kappa shape index (κ1) is 21.8. The molecule has 3 rings (SSSR count). The number of carbonyl (C=O) groups is 2. The zero-order valence-corrected chi connectivity index (χ0v) is 17.7. The molecule has 7 nitrogen and oxygen atoms in total. The molecule has 0 aliphatic carbocycles. The zero-order chi connectivity index (χ0) is 21.5. The molecule has 1 aliphatic heterocycles. The molecule has 0 bridgehead atoms. The van der Waals surface area contributed by atoms with Crippen molar-refractivity contribution < 1.29 is 23.8 Å². The van der Waals surface area contributed by atoms with Gasteiger partial charge in [-0.15, -0.1) is 0 Å². The number of hydrogen-bond donors (Lipinski definition) is 0. The molecular weight excluding hydrogens is 384 g/mol. The van der Waals surface area contributed by atoms with Gasteiger partial charge in [0.05, 0.1) is 31.1 Å². The molecule has 1 aromatic carbocycles. The Morgan fingerprint density at radius 2 is 2.10 bits per heavy atom. The summed E-state index contributed by atoms with van der Waals surface area (Å²) in [6.07, 6.45) is 1.94. The van der Waals surface area contributed by atoms with Crippen molar-refractivity contribution in [3.05, 3.63) is 58.9 Å². The van der Waals surface area contributed by atoms with Gasteiger partial charge in [-0.05, 0) is 56.5 Å². The van der Waals surface area contributed by atoms with Crippen molar-refractivity contribution >= 4 is 11.9 Å².